The summed E-state index contributed by atoms with van der Waals surface area (Å²) in [6.45, 7) is 5.38. The van der Waals surface area contributed by atoms with Crippen LogP contribution in [0.3, 0.4) is 0 Å². The molecule has 1 spiro atoms. The second-order valence-electron chi connectivity index (χ2n) is 11.6. The number of rotatable bonds is 8. The number of ether oxygens (including phenoxy) is 1. The number of para-hydroxylation sites is 2. The Morgan fingerprint density at radius 3 is 2.55 bits per heavy atom. The summed E-state index contributed by atoms with van der Waals surface area (Å²) in [5, 5.41) is 24.5. The number of hydrogen-bond acceptors (Lipinski definition) is 7. The minimum absolute atomic E-state index is 0.0410. The molecule has 6 atom stereocenters. The van der Waals surface area contributed by atoms with Gasteiger partial charge in [-0.3, -0.25) is 14.4 Å². The second-order valence-corrected chi connectivity index (χ2v) is 11.6. The lowest BCUT2D eigenvalue weighted by Gasteiger charge is -2.38. The molecule has 0 aliphatic carbocycles. The van der Waals surface area contributed by atoms with Crippen LogP contribution in [0, 0.1) is 17.8 Å². The first-order valence-corrected chi connectivity index (χ1v) is 13.8. The van der Waals surface area contributed by atoms with Crippen molar-refractivity contribution in [1.82, 2.24) is 25.2 Å². The Balaban J connectivity index is 1.35. The number of anilines is 1. The molecule has 3 N–H and O–H groups in total. The number of likely N-dealkylation sites (tertiary alicyclic amines) is 1. The van der Waals surface area contributed by atoms with E-state index in [4.69, 9.17) is 4.74 Å². The summed E-state index contributed by atoms with van der Waals surface area (Å²) in [6, 6.07) is 14.9. The highest BCUT2D eigenvalue weighted by Crippen LogP contribution is 2.63. The highest BCUT2D eigenvalue weighted by atomic mass is 16.5. The average Bonchev–Trinajstić information content (AvgIpc) is 3.64. The van der Waals surface area contributed by atoms with Crippen molar-refractivity contribution in [3.63, 3.8) is 0 Å². The van der Waals surface area contributed by atoms with Crippen LogP contribution in [0.15, 0.2) is 54.6 Å². The van der Waals surface area contributed by atoms with Gasteiger partial charge in [0.15, 0.2) is 0 Å². The molecule has 3 fully saturated rings. The standard InChI is InChI=1S/C29H34N6O5/c1-17(2)21(15-36)35-24(26(38)30-16-34-20-12-8-7-11-19(20)32-33-34)29-14-13-28(3,40-29)22(23(29)27(35)39)25(37)31-18-9-5-4-6-10-18/h4-12,17,21-24,36H,13-16H2,1-3H3,(H,30,38)(H,31,37)/t21-,22-,23-,24?,28+,29?/m0/s1. The number of aliphatic hydroxyl groups excluding tert-OH is 1. The number of carbonyl (C=O) groups excluding carboxylic acids is 3. The number of aromatic nitrogens is 3. The maximum absolute atomic E-state index is 14.3. The number of amides is 3. The van der Waals surface area contributed by atoms with Gasteiger partial charge in [-0.2, -0.15) is 0 Å². The van der Waals surface area contributed by atoms with E-state index in [9.17, 15) is 19.5 Å². The Kier molecular flexibility index (Phi) is 6.38. The smallest absolute Gasteiger partial charge is 0.247 e. The molecule has 3 saturated heterocycles. The van der Waals surface area contributed by atoms with Crippen molar-refractivity contribution >= 4 is 34.4 Å². The van der Waals surface area contributed by atoms with Gasteiger partial charge in [-0.15, -0.1) is 5.10 Å². The van der Waals surface area contributed by atoms with E-state index in [0.717, 1.165) is 5.52 Å². The first kappa shape index (κ1) is 26.4. The van der Waals surface area contributed by atoms with E-state index in [1.807, 2.05) is 63.2 Å². The molecule has 3 amide bonds. The normalized spacial score (nSPS) is 29.7. The Labute approximate surface area is 231 Å². The van der Waals surface area contributed by atoms with Crippen LogP contribution in [0.5, 0.6) is 0 Å². The van der Waals surface area contributed by atoms with Crippen LogP contribution < -0.4 is 10.6 Å². The van der Waals surface area contributed by atoms with Gasteiger partial charge in [0.1, 0.15) is 23.8 Å². The van der Waals surface area contributed by atoms with Gasteiger partial charge < -0.3 is 25.4 Å². The molecular weight excluding hydrogens is 512 g/mol. The summed E-state index contributed by atoms with van der Waals surface area (Å²) in [5.41, 5.74) is -0.0113. The van der Waals surface area contributed by atoms with E-state index in [0.29, 0.717) is 24.0 Å². The first-order valence-electron chi connectivity index (χ1n) is 13.8. The van der Waals surface area contributed by atoms with Gasteiger partial charge >= 0.3 is 0 Å². The van der Waals surface area contributed by atoms with Crippen LogP contribution in [0.25, 0.3) is 11.0 Å². The van der Waals surface area contributed by atoms with Crippen LogP contribution in [0.4, 0.5) is 5.69 Å². The molecule has 0 radical (unpaired) electrons. The molecule has 40 heavy (non-hydrogen) atoms. The molecule has 2 bridgehead atoms. The molecule has 4 heterocycles. The maximum Gasteiger partial charge on any atom is 0.247 e. The molecule has 6 rings (SSSR count). The summed E-state index contributed by atoms with van der Waals surface area (Å²) in [6.07, 6.45) is 0.979. The Morgan fingerprint density at radius 2 is 1.82 bits per heavy atom. The van der Waals surface area contributed by atoms with Crippen LogP contribution in [0.1, 0.15) is 33.6 Å². The Hall–Kier alpha value is -3.83. The van der Waals surface area contributed by atoms with Crippen LogP contribution in [-0.2, 0) is 25.8 Å². The Bertz CT molecular complexity index is 1460. The van der Waals surface area contributed by atoms with Crippen LogP contribution in [0.2, 0.25) is 0 Å². The van der Waals surface area contributed by atoms with Crippen molar-refractivity contribution < 1.29 is 24.2 Å². The molecule has 2 aromatic carbocycles. The largest absolute Gasteiger partial charge is 0.394 e. The predicted molar refractivity (Wildman–Crippen MR) is 146 cm³/mol. The summed E-state index contributed by atoms with van der Waals surface area (Å²) in [4.78, 5) is 43.5. The lowest BCUT2D eigenvalue weighted by molar-refractivity contribution is -0.150. The fourth-order valence-electron chi connectivity index (χ4n) is 7.07. The van der Waals surface area contributed by atoms with Gasteiger partial charge in [-0.1, -0.05) is 49.4 Å². The topological polar surface area (TPSA) is 139 Å². The lowest BCUT2D eigenvalue weighted by Crippen LogP contribution is -2.59. The van der Waals surface area contributed by atoms with Crippen molar-refractivity contribution in [1.29, 1.82) is 0 Å². The monoisotopic (exact) mass is 546 g/mol. The fourth-order valence-corrected chi connectivity index (χ4v) is 7.07. The molecule has 210 valence electrons. The molecule has 11 nitrogen and oxygen atoms in total. The van der Waals surface area contributed by atoms with E-state index in [-0.39, 0.29) is 31.0 Å². The molecule has 3 aliphatic rings. The summed E-state index contributed by atoms with van der Waals surface area (Å²) in [7, 11) is 0. The van der Waals surface area contributed by atoms with E-state index in [1.54, 1.807) is 16.8 Å². The minimum atomic E-state index is -1.19. The zero-order valence-corrected chi connectivity index (χ0v) is 22.8. The van der Waals surface area contributed by atoms with E-state index in [1.165, 1.54) is 4.90 Å². The number of nitrogens with zero attached hydrogens (tertiary/aromatic N) is 4. The third-order valence-electron chi connectivity index (χ3n) is 8.92. The summed E-state index contributed by atoms with van der Waals surface area (Å²) >= 11 is 0. The quantitative estimate of drug-likeness (QED) is 0.392. The third kappa shape index (κ3) is 3.90. The predicted octanol–water partition coefficient (Wildman–Crippen LogP) is 1.93. The van der Waals surface area contributed by atoms with Crippen molar-refractivity contribution in [2.75, 3.05) is 11.9 Å². The van der Waals surface area contributed by atoms with Crippen molar-refractivity contribution in [2.24, 2.45) is 17.8 Å². The van der Waals surface area contributed by atoms with Crippen molar-refractivity contribution in [3.8, 4) is 0 Å². The molecular formula is C29H34N6O5. The zero-order valence-electron chi connectivity index (χ0n) is 22.8. The fraction of sp³-hybridized carbons (Fsp3) is 0.483. The van der Waals surface area contributed by atoms with E-state index < -0.39 is 41.0 Å². The highest BCUT2D eigenvalue weighted by Gasteiger charge is 2.78. The van der Waals surface area contributed by atoms with E-state index >= 15 is 0 Å². The SMILES string of the molecule is CC(C)[C@H](CO)N1C(=O)[C@@H]2[C@@H](C(=O)Nc3ccccc3)[C@@]3(C)CCC2(O3)C1C(=O)NCn1nnc2ccccc21. The van der Waals surface area contributed by atoms with Gasteiger partial charge in [-0.05, 0) is 49.9 Å². The van der Waals surface area contributed by atoms with Gasteiger partial charge in [0.05, 0.1) is 35.6 Å². The number of aliphatic hydroxyl groups is 1. The minimum Gasteiger partial charge on any atom is -0.394 e. The third-order valence-corrected chi connectivity index (χ3v) is 8.92. The van der Waals surface area contributed by atoms with Crippen molar-refractivity contribution in [3.05, 3.63) is 54.6 Å². The molecule has 3 aliphatic heterocycles. The van der Waals surface area contributed by atoms with E-state index in [2.05, 4.69) is 20.9 Å². The first-order chi connectivity index (χ1) is 19.2. The molecule has 1 aromatic heterocycles. The Morgan fingerprint density at radius 1 is 1.10 bits per heavy atom. The molecule has 2 unspecified atom stereocenters. The summed E-state index contributed by atoms with van der Waals surface area (Å²) in [5.74, 6) is -2.85. The van der Waals surface area contributed by atoms with Gasteiger partial charge in [0.25, 0.3) is 0 Å². The average molecular weight is 547 g/mol. The van der Waals surface area contributed by atoms with Gasteiger partial charge in [0.2, 0.25) is 17.7 Å². The molecule has 0 saturated carbocycles. The number of nitrogens with one attached hydrogen (secondary N) is 2. The lowest BCUT2D eigenvalue weighted by atomic mass is 9.66. The summed E-state index contributed by atoms with van der Waals surface area (Å²) < 4.78 is 8.24. The van der Waals surface area contributed by atoms with Crippen LogP contribution >= 0.6 is 0 Å². The zero-order chi connectivity index (χ0) is 28.2. The molecule has 3 aromatic rings. The van der Waals surface area contributed by atoms with Crippen LogP contribution in [-0.4, -0.2) is 72.6 Å². The number of carbonyl (C=O) groups is 3. The second kappa shape index (κ2) is 9.67. The molecule has 11 heteroatoms. The number of fused-ring (bicyclic) bond motifs is 2. The van der Waals surface area contributed by atoms with Gasteiger partial charge in [0, 0.05) is 5.69 Å². The number of hydrogen-bond donors (Lipinski definition) is 3. The van der Waals surface area contributed by atoms with Crippen molar-refractivity contribution in [2.45, 2.75) is 63.6 Å². The highest BCUT2D eigenvalue weighted by molar-refractivity contribution is 6.02. The number of benzene rings is 2. The maximum atomic E-state index is 14.3. The van der Waals surface area contributed by atoms with Gasteiger partial charge in [-0.25, -0.2) is 4.68 Å².